The highest BCUT2D eigenvalue weighted by Gasteiger charge is 2.16. The van der Waals surface area contributed by atoms with Crippen molar-refractivity contribution < 1.29 is 0 Å². The first-order valence-corrected chi connectivity index (χ1v) is 6.56. The molecule has 0 saturated heterocycles. The Bertz CT molecular complexity index is 509. The van der Waals surface area contributed by atoms with Crippen molar-refractivity contribution >= 4 is 5.69 Å². The highest BCUT2D eigenvalue weighted by Crippen LogP contribution is 2.26. The van der Waals surface area contributed by atoms with E-state index in [2.05, 4.69) is 10.1 Å². The maximum Gasteiger partial charge on any atom is 0.181 e. The average Bonchev–Trinajstić information content (AvgIpc) is 3.02. The molecular formula is C14H18N4. The first kappa shape index (κ1) is 11.3. The molecule has 1 aliphatic rings. The summed E-state index contributed by atoms with van der Waals surface area (Å²) in [4.78, 5) is 4.37. The number of rotatable bonds is 3. The molecule has 0 aliphatic heterocycles. The van der Waals surface area contributed by atoms with E-state index in [0.29, 0.717) is 0 Å². The second kappa shape index (κ2) is 4.80. The molecule has 1 heterocycles. The minimum Gasteiger partial charge on any atom is -0.399 e. The van der Waals surface area contributed by atoms with Crippen LogP contribution in [0.1, 0.15) is 25.7 Å². The lowest BCUT2D eigenvalue weighted by Gasteiger charge is -2.07. The lowest BCUT2D eigenvalue weighted by molar-refractivity contribution is 0.429. The first-order valence-electron chi connectivity index (χ1n) is 6.56. The maximum atomic E-state index is 5.67. The second-order valence-corrected chi connectivity index (χ2v) is 5.06. The van der Waals surface area contributed by atoms with Gasteiger partial charge in [0.1, 0.15) is 6.33 Å². The Hall–Kier alpha value is -1.84. The van der Waals surface area contributed by atoms with E-state index in [9.17, 15) is 0 Å². The number of hydrogen-bond acceptors (Lipinski definition) is 3. The van der Waals surface area contributed by atoms with E-state index in [1.54, 1.807) is 0 Å². The molecule has 4 nitrogen and oxygen atoms in total. The molecule has 0 atom stereocenters. The van der Waals surface area contributed by atoms with Gasteiger partial charge < -0.3 is 5.73 Å². The molecule has 0 radical (unpaired) electrons. The van der Waals surface area contributed by atoms with E-state index in [1.165, 1.54) is 25.7 Å². The molecule has 0 bridgehead atoms. The molecule has 2 N–H and O–H groups in total. The average molecular weight is 242 g/mol. The third-order valence-electron chi connectivity index (χ3n) is 3.63. The summed E-state index contributed by atoms with van der Waals surface area (Å²) < 4.78 is 1.97. The fraction of sp³-hybridized carbons (Fsp3) is 0.429. The molecule has 0 spiro atoms. The third kappa shape index (κ3) is 2.37. The lowest BCUT2D eigenvalue weighted by atomic mass is 10.1. The van der Waals surface area contributed by atoms with Gasteiger partial charge in [-0.2, -0.15) is 5.10 Å². The molecule has 1 saturated carbocycles. The molecule has 4 heteroatoms. The van der Waals surface area contributed by atoms with Gasteiger partial charge in [0.05, 0.1) is 0 Å². The molecule has 3 rings (SSSR count). The Labute approximate surface area is 107 Å². The maximum absolute atomic E-state index is 5.67. The summed E-state index contributed by atoms with van der Waals surface area (Å²) in [5, 5.41) is 4.54. The zero-order valence-corrected chi connectivity index (χ0v) is 10.4. The zero-order chi connectivity index (χ0) is 12.4. The number of aromatic nitrogens is 3. The fourth-order valence-electron chi connectivity index (χ4n) is 2.60. The van der Waals surface area contributed by atoms with E-state index in [1.807, 2.05) is 35.3 Å². The Morgan fingerprint density at radius 3 is 2.61 bits per heavy atom. The van der Waals surface area contributed by atoms with E-state index in [0.717, 1.165) is 29.5 Å². The summed E-state index contributed by atoms with van der Waals surface area (Å²) in [7, 11) is 0. The monoisotopic (exact) mass is 242 g/mol. The van der Waals surface area contributed by atoms with Crippen molar-refractivity contribution in [1.82, 2.24) is 14.8 Å². The normalized spacial score (nSPS) is 16.2. The Balaban J connectivity index is 1.74. The molecule has 1 aromatic carbocycles. The molecule has 1 fully saturated rings. The zero-order valence-electron chi connectivity index (χ0n) is 10.4. The molecule has 1 aliphatic carbocycles. The van der Waals surface area contributed by atoms with Crippen LogP contribution in [0.25, 0.3) is 11.4 Å². The highest BCUT2D eigenvalue weighted by atomic mass is 15.3. The van der Waals surface area contributed by atoms with Crippen LogP contribution in [0.5, 0.6) is 0 Å². The Morgan fingerprint density at radius 1 is 1.17 bits per heavy atom. The van der Waals surface area contributed by atoms with Crippen LogP contribution in [0.3, 0.4) is 0 Å². The Morgan fingerprint density at radius 2 is 1.89 bits per heavy atom. The summed E-state index contributed by atoms with van der Waals surface area (Å²) >= 11 is 0. The minimum absolute atomic E-state index is 0.768. The van der Waals surface area contributed by atoms with Crippen LogP contribution in [0.4, 0.5) is 5.69 Å². The summed E-state index contributed by atoms with van der Waals surface area (Å²) in [6, 6.07) is 7.69. The molecule has 1 aromatic heterocycles. The van der Waals surface area contributed by atoms with Crippen LogP contribution in [-0.2, 0) is 6.54 Å². The summed E-state index contributed by atoms with van der Waals surface area (Å²) in [6.45, 7) is 1.00. The van der Waals surface area contributed by atoms with Crippen molar-refractivity contribution in [2.24, 2.45) is 5.92 Å². The first-order chi connectivity index (χ1) is 8.81. The quantitative estimate of drug-likeness (QED) is 0.842. The molecule has 0 amide bonds. The van der Waals surface area contributed by atoms with Crippen molar-refractivity contribution in [2.75, 3.05) is 5.73 Å². The van der Waals surface area contributed by atoms with Crippen molar-refractivity contribution in [1.29, 1.82) is 0 Å². The largest absolute Gasteiger partial charge is 0.399 e. The van der Waals surface area contributed by atoms with Gasteiger partial charge in [0.15, 0.2) is 5.82 Å². The lowest BCUT2D eigenvalue weighted by Crippen LogP contribution is -2.07. The van der Waals surface area contributed by atoms with Crippen LogP contribution in [0.15, 0.2) is 30.6 Å². The van der Waals surface area contributed by atoms with Crippen LogP contribution < -0.4 is 5.73 Å². The number of anilines is 1. The SMILES string of the molecule is Nc1ccc(-c2ncn(CC3CCCC3)n2)cc1. The predicted molar refractivity (Wildman–Crippen MR) is 71.8 cm³/mol. The van der Waals surface area contributed by atoms with Gasteiger partial charge in [-0.25, -0.2) is 4.98 Å². The second-order valence-electron chi connectivity index (χ2n) is 5.06. The molecule has 0 unspecified atom stereocenters. The van der Waals surface area contributed by atoms with Crippen molar-refractivity contribution in [2.45, 2.75) is 32.2 Å². The van der Waals surface area contributed by atoms with E-state index in [-0.39, 0.29) is 0 Å². The number of benzene rings is 1. The fourth-order valence-corrected chi connectivity index (χ4v) is 2.60. The van der Waals surface area contributed by atoms with Gasteiger partial charge in [-0.05, 0) is 43.0 Å². The number of nitrogens with zero attached hydrogens (tertiary/aromatic N) is 3. The van der Waals surface area contributed by atoms with Gasteiger partial charge in [-0.1, -0.05) is 12.8 Å². The van der Waals surface area contributed by atoms with Crippen LogP contribution >= 0.6 is 0 Å². The molecule has 18 heavy (non-hydrogen) atoms. The van der Waals surface area contributed by atoms with Crippen molar-refractivity contribution in [3.63, 3.8) is 0 Å². The van der Waals surface area contributed by atoms with Gasteiger partial charge in [-0.15, -0.1) is 0 Å². The summed E-state index contributed by atoms with van der Waals surface area (Å²) in [5.74, 6) is 1.57. The van der Waals surface area contributed by atoms with Crippen molar-refractivity contribution in [3.05, 3.63) is 30.6 Å². The van der Waals surface area contributed by atoms with Crippen LogP contribution in [0, 0.1) is 5.92 Å². The van der Waals surface area contributed by atoms with Crippen LogP contribution in [-0.4, -0.2) is 14.8 Å². The van der Waals surface area contributed by atoms with E-state index in [4.69, 9.17) is 5.73 Å². The van der Waals surface area contributed by atoms with Gasteiger partial charge in [0, 0.05) is 17.8 Å². The molecule has 2 aromatic rings. The smallest absolute Gasteiger partial charge is 0.181 e. The van der Waals surface area contributed by atoms with Crippen LogP contribution in [0.2, 0.25) is 0 Å². The van der Waals surface area contributed by atoms with Gasteiger partial charge >= 0.3 is 0 Å². The minimum atomic E-state index is 0.768. The predicted octanol–water partition coefficient (Wildman–Crippen LogP) is 2.72. The number of nitrogens with two attached hydrogens (primary N) is 1. The Kier molecular flexibility index (Phi) is 3.00. The van der Waals surface area contributed by atoms with Gasteiger partial charge in [0.2, 0.25) is 0 Å². The molecule has 94 valence electrons. The summed E-state index contributed by atoms with van der Waals surface area (Å²) in [6.07, 6.45) is 7.23. The topological polar surface area (TPSA) is 56.7 Å². The van der Waals surface area contributed by atoms with E-state index < -0.39 is 0 Å². The number of hydrogen-bond donors (Lipinski definition) is 1. The van der Waals surface area contributed by atoms with E-state index >= 15 is 0 Å². The summed E-state index contributed by atoms with van der Waals surface area (Å²) in [5.41, 5.74) is 7.46. The van der Waals surface area contributed by atoms with Crippen molar-refractivity contribution in [3.8, 4) is 11.4 Å². The molecular weight excluding hydrogens is 224 g/mol. The van der Waals surface area contributed by atoms with Gasteiger partial charge in [-0.3, -0.25) is 4.68 Å². The standard InChI is InChI=1S/C14H18N4/c15-13-7-5-12(6-8-13)14-16-10-18(17-14)9-11-3-1-2-4-11/h5-8,10-11H,1-4,9,15H2. The number of nitrogen functional groups attached to an aromatic ring is 1. The van der Waals surface area contributed by atoms with Gasteiger partial charge in [0.25, 0.3) is 0 Å². The highest BCUT2D eigenvalue weighted by molar-refractivity contribution is 5.57. The third-order valence-corrected chi connectivity index (χ3v) is 3.63.